The van der Waals surface area contributed by atoms with E-state index in [1.807, 2.05) is 20.8 Å². The molecule has 18 heavy (non-hydrogen) atoms. The molecular formula is C14H20FNO2. The van der Waals surface area contributed by atoms with Gasteiger partial charge in [0.1, 0.15) is 0 Å². The summed E-state index contributed by atoms with van der Waals surface area (Å²) < 4.78 is 18.4. The lowest BCUT2D eigenvalue weighted by molar-refractivity contribution is -0.138. The number of carbonyl (C=O) groups excluding carboxylic acids is 1. The third kappa shape index (κ3) is 3.45. The van der Waals surface area contributed by atoms with E-state index in [2.05, 4.69) is 0 Å². The molecule has 3 nitrogen and oxygen atoms in total. The molecule has 0 aliphatic rings. The lowest BCUT2D eigenvalue weighted by Crippen LogP contribution is -2.36. The van der Waals surface area contributed by atoms with E-state index in [1.165, 1.54) is 13.2 Å². The van der Waals surface area contributed by atoms with Gasteiger partial charge in [-0.2, -0.15) is 0 Å². The molecule has 0 bridgehead atoms. The molecular weight excluding hydrogens is 233 g/mol. The molecule has 1 amide bonds. The number of hydrogen-bond acceptors (Lipinski definition) is 2. The van der Waals surface area contributed by atoms with Crippen LogP contribution in [0.25, 0.3) is 0 Å². The van der Waals surface area contributed by atoms with E-state index in [1.54, 1.807) is 24.1 Å². The zero-order valence-electron chi connectivity index (χ0n) is 11.6. The Morgan fingerprint density at radius 2 is 2.00 bits per heavy atom. The monoisotopic (exact) mass is 253 g/mol. The average molecular weight is 253 g/mol. The van der Waals surface area contributed by atoms with Crippen molar-refractivity contribution in [1.29, 1.82) is 0 Å². The predicted molar refractivity (Wildman–Crippen MR) is 68.9 cm³/mol. The van der Waals surface area contributed by atoms with Crippen LogP contribution in [0.4, 0.5) is 4.39 Å². The van der Waals surface area contributed by atoms with Gasteiger partial charge < -0.3 is 9.64 Å². The first-order chi connectivity index (χ1) is 8.25. The van der Waals surface area contributed by atoms with E-state index in [9.17, 15) is 9.18 Å². The summed E-state index contributed by atoms with van der Waals surface area (Å²) in [7, 11) is 3.14. The number of halogens is 1. The fraction of sp³-hybridized carbons (Fsp3) is 0.500. The molecule has 100 valence electrons. The highest BCUT2D eigenvalue weighted by molar-refractivity contribution is 5.81. The molecule has 1 rings (SSSR count). The predicted octanol–water partition coefficient (Wildman–Crippen LogP) is 2.84. The quantitative estimate of drug-likeness (QED) is 0.829. The maximum atomic E-state index is 13.5. The Hall–Kier alpha value is -1.58. The second-order valence-electron chi connectivity index (χ2n) is 5.38. The summed E-state index contributed by atoms with van der Waals surface area (Å²) in [6.45, 7) is 5.97. The van der Waals surface area contributed by atoms with Crippen molar-refractivity contribution in [1.82, 2.24) is 4.90 Å². The van der Waals surface area contributed by atoms with Crippen LogP contribution in [-0.2, 0) is 11.3 Å². The molecule has 0 heterocycles. The van der Waals surface area contributed by atoms with Crippen LogP contribution >= 0.6 is 0 Å². The molecule has 0 atom stereocenters. The van der Waals surface area contributed by atoms with Crippen molar-refractivity contribution in [2.45, 2.75) is 27.3 Å². The second kappa shape index (κ2) is 5.38. The van der Waals surface area contributed by atoms with Crippen LogP contribution in [0.3, 0.4) is 0 Å². The van der Waals surface area contributed by atoms with Crippen molar-refractivity contribution in [3.63, 3.8) is 0 Å². The van der Waals surface area contributed by atoms with Gasteiger partial charge in [0, 0.05) is 19.0 Å². The van der Waals surface area contributed by atoms with Crippen LogP contribution in [0.5, 0.6) is 5.75 Å². The molecule has 0 spiro atoms. The normalized spacial score (nSPS) is 11.2. The summed E-state index contributed by atoms with van der Waals surface area (Å²) in [6, 6.07) is 4.72. The Morgan fingerprint density at radius 3 is 2.44 bits per heavy atom. The van der Waals surface area contributed by atoms with E-state index < -0.39 is 11.2 Å². The van der Waals surface area contributed by atoms with Crippen LogP contribution in [0.15, 0.2) is 18.2 Å². The first kappa shape index (κ1) is 14.5. The van der Waals surface area contributed by atoms with Crippen molar-refractivity contribution >= 4 is 5.91 Å². The molecule has 1 aromatic rings. The maximum Gasteiger partial charge on any atom is 0.227 e. The number of benzene rings is 1. The van der Waals surface area contributed by atoms with Gasteiger partial charge in [-0.15, -0.1) is 0 Å². The standard InChI is InChI=1S/C14H20FNO2/c1-14(2,3)13(17)16(4)9-10-6-7-12(18-5)11(15)8-10/h6-8H,9H2,1-5H3. The minimum absolute atomic E-state index is 0.0266. The van der Waals surface area contributed by atoms with Gasteiger partial charge in [-0.3, -0.25) is 4.79 Å². The minimum Gasteiger partial charge on any atom is -0.494 e. The Bertz CT molecular complexity index is 438. The molecule has 0 unspecified atom stereocenters. The molecule has 1 aromatic carbocycles. The molecule has 4 heteroatoms. The van der Waals surface area contributed by atoms with Crippen molar-refractivity contribution < 1.29 is 13.9 Å². The first-order valence-electron chi connectivity index (χ1n) is 5.83. The van der Waals surface area contributed by atoms with Gasteiger partial charge in [0.2, 0.25) is 5.91 Å². The van der Waals surface area contributed by atoms with Crippen molar-refractivity contribution in [2.75, 3.05) is 14.2 Å². The summed E-state index contributed by atoms with van der Waals surface area (Å²) in [5.74, 6) is -0.172. The SMILES string of the molecule is COc1ccc(CN(C)C(=O)C(C)(C)C)cc1F. The lowest BCUT2D eigenvalue weighted by Gasteiger charge is -2.26. The van der Waals surface area contributed by atoms with E-state index in [0.29, 0.717) is 6.54 Å². The minimum atomic E-state index is -0.431. The molecule has 0 aromatic heterocycles. The molecule has 0 aliphatic heterocycles. The van der Waals surface area contributed by atoms with Gasteiger partial charge in [-0.25, -0.2) is 4.39 Å². The van der Waals surface area contributed by atoms with Gasteiger partial charge in [0.05, 0.1) is 7.11 Å². The van der Waals surface area contributed by atoms with Crippen LogP contribution < -0.4 is 4.74 Å². The van der Waals surface area contributed by atoms with Crippen molar-refractivity contribution in [3.8, 4) is 5.75 Å². The highest BCUT2D eigenvalue weighted by atomic mass is 19.1. The van der Waals surface area contributed by atoms with E-state index >= 15 is 0 Å². The molecule has 0 saturated carbocycles. The van der Waals surface area contributed by atoms with Gasteiger partial charge in [0.25, 0.3) is 0 Å². The summed E-state index contributed by atoms with van der Waals surface area (Å²) in [6.07, 6.45) is 0. The van der Waals surface area contributed by atoms with Crippen LogP contribution in [0.2, 0.25) is 0 Å². The van der Waals surface area contributed by atoms with Crippen LogP contribution in [0.1, 0.15) is 26.3 Å². The second-order valence-corrected chi connectivity index (χ2v) is 5.38. The number of nitrogens with zero attached hydrogens (tertiary/aromatic N) is 1. The molecule has 0 radical (unpaired) electrons. The average Bonchev–Trinajstić information content (AvgIpc) is 2.27. The lowest BCUT2D eigenvalue weighted by atomic mass is 9.95. The Labute approximate surface area is 108 Å². The van der Waals surface area contributed by atoms with Gasteiger partial charge in [-0.05, 0) is 17.7 Å². The number of methoxy groups -OCH3 is 1. The van der Waals surface area contributed by atoms with Crippen LogP contribution in [-0.4, -0.2) is 25.0 Å². The first-order valence-corrected chi connectivity index (χ1v) is 5.83. The fourth-order valence-electron chi connectivity index (χ4n) is 1.73. The zero-order valence-corrected chi connectivity index (χ0v) is 11.6. The number of hydrogen-bond donors (Lipinski definition) is 0. The molecule has 0 aliphatic carbocycles. The fourth-order valence-corrected chi connectivity index (χ4v) is 1.73. The van der Waals surface area contributed by atoms with E-state index in [0.717, 1.165) is 5.56 Å². The zero-order chi connectivity index (χ0) is 13.9. The Balaban J connectivity index is 2.80. The third-order valence-corrected chi connectivity index (χ3v) is 2.62. The van der Waals surface area contributed by atoms with Gasteiger partial charge >= 0.3 is 0 Å². The summed E-state index contributed by atoms with van der Waals surface area (Å²) in [5, 5.41) is 0. The van der Waals surface area contributed by atoms with Crippen molar-refractivity contribution in [3.05, 3.63) is 29.6 Å². The Kier molecular flexibility index (Phi) is 4.33. The van der Waals surface area contributed by atoms with E-state index in [-0.39, 0.29) is 11.7 Å². The maximum absolute atomic E-state index is 13.5. The topological polar surface area (TPSA) is 29.5 Å². The highest BCUT2D eigenvalue weighted by Gasteiger charge is 2.24. The molecule has 0 saturated heterocycles. The van der Waals surface area contributed by atoms with Crippen LogP contribution in [0, 0.1) is 11.2 Å². The number of amides is 1. The summed E-state index contributed by atoms with van der Waals surface area (Å²) in [5.41, 5.74) is 0.313. The Morgan fingerprint density at radius 1 is 1.39 bits per heavy atom. The number of carbonyl (C=O) groups is 1. The summed E-state index contributed by atoms with van der Waals surface area (Å²) in [4.78, 5) is 13.6. The third-order valence-electron chi connectivity index (χ3n) is 2.62. The smallest absolute Gasteiger partial charge is 0.227 e. The largest absolute Gasteiger partial charge is 0.494 e. The van der Waals surface area contributed by atoms with Crippen molar-refractivity contribution in [2.24, 2.45) is 5.41 Å². The highest BCUT2D eigenvalue weighted by Crippen LogP contribution is 2.21. The number of rotatable bonds is 3. The number of ether oxygens (including phenoxy) is 1. The summed E-state index contributed by atoms with van der Waals surface area (Å²) >= 11 is 0. The van der Waals surface area contributed by atoms with E-state index in [4.69, 9.17) is 4.74 Å². The molecule has 0 N–H and O–H groups in total. The molecule has 0 fully saturated rings. The van der Waals surface area contributed by atoms with Gasteiger partial charge in [0.15, 0.2) is 11.6 Å². The van der Waals surface area contributed by atoms with Gasteiger partial charge in [-0.1, -0.05) is 26.8 Å².